The van der Waals surface area contributed by atoms with Gasteiger partial charge in [-0.2, -0.15) is 0 Å². The molecule has 0 radical (unpaired) electrons. The molecule has 0 saturated heterocycles. The summed E-state index contributed by atoms with van der Waals surface area (Å²) in [7, 11) is 2.76. The van der Waals surface area contributed by atoms with Gasteiger partial charge in [-0.25, -0.2) is 14.2 Å². The van der Waals surface area contributed by atoms with Crippen molar-refractivity contribution in [2.24, 2.45) is 0 Å². The summed E-state index contributed by atoms with van der Waals surface area (Å²) in [5, 5.41) is 5.59. The molecule has 7 heteroatoms. The highest BCUT2D eigenvalue weighted by molar-refractivity contribution is 7.14. The molecular weight excluding hydrogens is 343 g/mol. The second kappa shape index (κ2) is 7.31. The van der Waals surface area contributed by atoms with Crippen LogP contribution in [0.2, 0.25) is 0 Å². The molecule has 0 atom stereocenters. The summed E-state index contributed by atoms with van der Waals surface area (Å²) in [6.45, 7) is 0. The molecule has 0 bridgehead atoms. The first-order chi connectivity index (χ1) is 12.1. The van der Waals surface area contributed by atoms with Crippen molar-refractivity contribution in [1.82, 2.24) is 4.98 Å². The van der Waals surface area contributed by atoms with Crippen molar-refractivity contribution < 1.29 is 18.7 Å². The van der Waals surface area contributed by atoms with Gasteiger partial charge in [0.15, 0.2) is 16.7 Å². The Morgan fingerprint density at radius 1 is 1.20 bits per heavy atom. The van der Waals surface area contributed by atoms with Gasteiger partial charge in [0.2, 0.25) is 0 Å². The van der Waals surface area contributed by atoms with Gasteiger partial charge in [0.1, 0.15) is 0 Å². The SMILES string of the molecule is COC(=O)c1cccc(Nc2nc(-c3ccc(OC)c(F)c3)cs2)c1. The quantitative estimate of drug-likeness (QED) is 0.681. The molecule has 5 nitrogen and oxygen atoms in total. The van der Waals surface area contributed by atoms with Crippen LogP contribution >= 0.6 is 11.3 Å². The summed E-state index contributed by atoms with van der Waals surface area (Å²) in [4.78, 5) is 16.0. The van der Waals surface area contributed by atoms with E-state index in [1.807, 2.05) is 11.4 Å². The molecule has 128 valence electrons. The second-order valence-corrected chi connectivity index (χ2v) is 5.94. The smallest absolute Gasteiger partial charge is 0.337 e. The van der Waals surface area contributed by atoms with Gasteiger partial charge in [0, 0.05) is 16.6 Å². The number of esters is 1. The minimum atomic E-state index is -0.437. The normalized spacial score (nSPS) is 10.4. The first-order valence-corrected chi connectivity index (χ1v) is 8.23. The second-order valence-electron chi connectivity index (χ2n) is 5.08. The van der Waals surface area contributed by atoms with Gasteiger partial charge in [-0.15, -0.1) is 11.3 Å². The average Bonchev–Trinajstić information content (AvgIpc) is 3.09. The van der Waals surface area contributed by atoms with E-state index in [1.54, 1.807) is 30.3 Å². The molecule has 0 aliphatic carbocycles. The lowest BCUT2D eigenvalue weighted by molar-refractivity contribution is 0.0601. The highest BCUT2D eigenvalue weighted by Gasteiger charge is 2.10. The van der Waals surface area contributed by atoms with Crippen LogP contribution in [0.25, 0.3) is 11.3 Å². The zero-order valence-electron chi connectivity index (χ0n) is 13.6. The number of aromatic nitrogens is 1. The number of rotatable bonds is 5. The van der Waals surface area contributed by atoms with Crippen molar-refractivity contribution in [3.8, 4) is 17.0 Å². The Morgan fingerprint density at radius 2 is 2.04 bits per heavy atom. The van der Waals surface area contributed by atoms with Gasteiger partial charge in [-0.3, -0.25) is 0 Å². The Bertz CT molecular complexity index is 911. The summed E-state index contributed by atoms with van der Waals surface area (Å²) < 4.78 is 23.5. The maximum Gasteiger partial charge on any atom is 0.337 e. The van der Waals surface area contributed by atoms with Crippen molar-refractivity contribution in [2.75, 3.05) is 19.5 Å². The van der Waals surface area contributed by atoms with Crippen LogP contribution in [0.15, 0.2) is 47.8 Å². The van der Waals surface area contributed by atoms with Crippen LogP contribution in [0.3, 0.4) is 0 Å². The summed E-state index contributed by atoms with van der Waals surface area (Å²) in [6.07, 6.45) is 0. The van der Waals surface area contributed by atoms with E-state index in [1.165, 1.54) is 31.6 Å². The maximum atomic E-state index is 13.8. The van der Waals surface area contributed by atoms with Gasteiger partial charge >= 0.3 is 5.97 Å². The number of ether oxygens (including phenoxy) is 2. The molecule has 0 saturated carbocycles. The Balaban J connectivity index is 1.80. The fourth-order valence-electron chi connectivity index (χ4n) is 2.25. The van der Waals surface area contributed by atoms with E-state index < -0.39 is 11.8 Å². The molecule has 0 spiro atoms. The Kier molecular flexibility index (Phi) is 4.95. The third kappa shape index (κ3) is 3.77. The standard InChI is InChI=1S/C18H15FN2O3S/c1-23-16-7-6-11(9-14(16)19)15-10-25-18(21-15)20-13-5-3-4-12(8-13)17(22)24-2/h3-10H,1-2H3,(H,20,21). The molecule has 1 aromatic heterocycles. The number of benzene rings is 2. The van der Waals surface area contributed by atoms with Gasteiger partial charge < -0.3 is 14.8 Å². The number of carbonyl (C=O) groups excluding carboxylic acids is 1. The number of methoxy groups -OCH3 is 2. The van der Waals surface area contributed by atoms with E-state index >= 15 is 0 Å². The summed E-state index contributed by atoms with van der Waals surface area (Å²) in [5.74, 6) is -0.651. The molecule has 1 N–H and O–H groups in total. The molecule has 3 aromatic rings. The number of anilines is 2. The highest BCUT2D eigenvalue weighted by atomic mass is 32.1. The zero-order chi connectivity index (χ0) is 17.8. The molecule has 3 rings (SSSR count). The van der Waals surface area contributed by atoms with E-state index in [-0.39, 0.29) is 5.75 Å². The largest absolute Gasteiger partial charge is 0.494 e. The summed E-state index contributed by atoms with van der Waals surface area (Å²) >= 11 is 1.38. The maximum absolute atomic E-state index is 13.8. The molecule has 0 unspecified atom stereocenters. The van der Waals surface area contributed by atoms with Crippen molar-refractivity contribution >= 4 is 28.1 Å². The predicted molar refractivity (Wildman–Crippen MR) is 95.1 cm³/mol. The van der Waals surface area contributed by atoms with Crippen LogP contribution in [-0.4, -0.2) is 25.2 Å². The monoisotopic (exact) mass is 358 g/mol. The summed E-state index contributed by atoms with van der Waals surface area (Å²) in [5.41, 5.74) is 2.47. The van der Waals surface area contributed by atoms with Crippen LogP contribution in [-0.2, 0) is 4.74 Å². The number of nitrogens with one attached hydrogen (secondary N) is 1. The first kappa shape index (κ1) is 16.9. The Morgan fingerprint density at radius 3 is 2.76 bits per heavy atom. The van der Waals surface area contributed by atoms with Crippen LogP contribution in [0.1, 0.15) is 10.4 Å². The zero-order valence-corrected chi connectivity index (χ0v) is 14.4. The number of nitrogens with zero attached hydrogens (tertiary/aromatic N) is 1. The number of hydrogen-bond donors (Lipinski definition) is 1. The van der Waals surface area contributed by atoms with Crippen LogP contribution < -0.4 is 10.1 Å². The van der Waals surface area contributed by atoms with Crippen molar-refractivity contribution in [1.29, 1.82) is 0 Å². The number of halogens is 1. The van der Waals surface area contributed by atoms with E-state index in [0.29, 0.717) is 27.6 Å². The van der Waals surface area contributed by atoms with Crippen LogP contribution in [0, 0.1) is 5.82 Å². The lowest BCUT2D eigenvalue weighted by atomic mass is 10.1. The molecule has 25 heavy (non-hydrogen) atoms. The average molecular weight is 358 g/mol. The van der Waals surface area contributed by atoms with E-state index in [4.69, 9.17) is 9.47 Å². The third-order valence-electron chi connectivity index (χ3n) is 3.49. The minimum Gasteiger partial charge on any atom is -0.494 e. The molecule has 0 amide bonds. The fourth-order valence-corrected chi connectivity index (χ4v) is 2.99. The Hall–Kier alpha value is -2.93. The lowest BCUT2D eigenvalue weighted by Crippen LogP contribution is -2.01. The van der Waals surface area contributed by atoms with Gasteiger partial charge in [-0.1, -0.05) is 6.07 Å². The van der Waals surface area contributed by atoms with Gasteiger partial charge in [0.05, 0.1) is 25.5 Å². The van der Waals surface area contributed by atoms with E-state index in [0.717, 1.165) is 0 Å². The highest BCUT2D eigenvalue weighted by Crippen LogP contribution is 2.29. The molecule has 0 aliphatic heterocycles. The number of carbonyl (C=O) groups is 1. The molecule has 1 heterocycles. The topological polar surface area (TPSA) is 60.5 Å². The number of hydrogen-bond acceptors (Lipinski definition) is 6. The lowest BCUT2D eigenvalue weighted by Gasteiger charge is -2.05. The van der Waals surface area contributed by atoms with Gasteiger partial charge in [-0.05, 0) is 36.4 Å². The van der Waals surface area contributed by atoms with Crippen molar-refractivity contribution in [3.63, 3.8) is 0 Å². The molecular formula is C18H15FN2O3S. The van der Waals surface area contributed by atoms with Crippen LogP contribution in [0.5, 0.6) is 5.75 Å². The van der Waals surface area contributed by atoms with Crippen molar-refractivity contribution in [3.05, 3.63) is 59.2 Å². The molecule has 0 fully saturated rings. The van der Waals surface area contributed by atoms with E-state index in [9.17, 15) is 9.18 Å². The van der Waals surface area contributed by atoms with Crippen molar-refractivity contribution in [2.45, 2.75) is 0 Å². The number of thiazole rings is 1. The molecule has 0 aliphatic rings. The van der Waals surface area contributed by atoms with Crippen LogP contribution in [0.4, 0.5) is 15.2 Å². The first-order valence-electron chi connectivity index (χ1n) is 7.35. The predicted octanol–water partition coefficient (Wildman–Crippen LogP) is 4.49. The summed E-state index contributed by atoms with van der Waals surface area (Å²) in [6, 6.07) is 11.6. The third-order valence-corrected chi connectivity index (χ3v) is 4.24. The fraction of sp³-hybridized carbons (Fsp3) is 0.111. The minimum absolute atomic E-state index is 0.192. The van der Waals surface area contributed by atoms with Gasteiger partial charge in [0.25, 0.3) is 0 Å². The molecule has 2 aromatic carbocycles. The van der Waals surface area contributed by atoms with E-state index in [2.05, 4.69) is 10.3 Å². The Labute approximate surface area is 148 Å².